The van der Waals surface area contributed by atoms with Crippen LogP contribution in [0.15, 0.2) is 42.5 Å². The highest BCUT2D eigenvalue weighted by Gasteiger charge is 2.33. The standard InChI is InChI=1S/C29H36Cl2F3N3O4S/c1-3-26(28(39)35-22-10-5-4-6-11-22)36(19-20-14-15-24(30)25(31)17-20)27(38)13-8-16-37(42(2,40)41)23-12-7-9-21(18-23)29(32,33)34/h7,9,12,14-15,17-18,22,26H,3-6,8,10-11,13,16,19H2,1-2H3,(H,35,39). The molecule has 0 bridgehead atoms. The number of carbonyl (C=O) groups is 2. The first kappa shape index (κ1) is 34.0. The van der Waals surface area contributed by atoms with Crippen molar-refractivity contribution >= 4 is 50.7 Å². The van der Waals surface area contributed by atoms with Gasteiger partial charge in [-0.2, -0.15) is 13.2 Å². The van der Waals surface area contributed by atoms with Gasteiger partial charge in [0.25, 0.3) is 0 Å². The Morgan fingerprint density at radius 1 is 1.05 bits per heavy atom. The lowest BCUT2D eigenvalue weighted by molar-refractivity contribution is -0.141. The maximum atomic E-state index is 13.6. The Labute approximate surface area is 255 Å². The van der Waals surface area contributed by atoms with E-state index in [1.54, 1.807) is 25.1 Å². The summed E-state index contributed by atoms with van der Waals surface area (Å²) in [6.45, 7) is 1.65. The van der Waals surface area contributed by atoms with E-state index in [-0.39, 0.29) is 43.6 Å². The molecule has 3 rings (SSSR count). The smallest absolute Gasteiger partial charge is 0.352 e. The fourth-order valence-corrected chi connectivity index (χ4v) is 6.42. The van der Waals surface area contributed by atoms with Crippen molar-refractivity contribution in [1.82, 2.24) is 10.2 Å². The van der Waals surface area contributed by atoms with E-state index >= 15 is 0 Å². The Hall–Kier alpha value is -2.50. The molecule has 1 saturated carbocycles. The van der Waals surface area contributed by atoms with Gasteiger partial charge in [0.1, 0.15) is 6.04 Å². The van der Waals surface area contributed by atoms with Crippen LogP contribution < -0.4 is 9.62 Å². The largest absolute Gasteiger partial charge is 0.416 e. The Balaban J connectivity index is 1.80. The number of hydrogen-bond acceptors (Lipinski definition) is 4. The highest BCUT2D eigenvalue weighted by atomic mass is 35.5. The molecule has 13 heteroatoms. The summed E-state index contributed by atoms with van der Waals surface area (Å²) in [5.74, 6) is -0.663. The zero-order chi connectivity index (χ0) is 31.1. The molecule has 0 spiro atoms. The molecule has 0 heterocycles. The molecule has 2 aromatic carbocycles. The summed E-state index contributed by atoms with van der Waals surface area (Å²) in [6.07, 6.45) is 1.39. The van der Waals surface area contributed by atoms with Gasteiger partial charge in [-0.15, -0.1) is 0 Å². The van der Waals surface area contributed by atoms with Gasteiger partial charge in [-0.25, -0.2) is 8.42 Å². The van der Waals surface area contributed by atoms with E-state index in [1.165, 1.54) is 11.0 Å². The second kappa shape index (κ2) is 14.8. The topological polar surface area (TPSA) is 86.8 Å². The van der Waals surface area contributed by atoms with E-state index < -0.39 is 33.7 Å². The maximum Gasteiger partial charge on any atom is 0.416 e. The summed E-state index contributed by atoms with van der Waals surface area (Å²) in [4.78, 5) is 28.5. The molecule has 1 aliphatic rings. The second-order valence-electron chi connectivity index (χ2n) is 10.5. The number of nitrogens with one attached hydrogen (secondary N) is 1. The van der Waals surface area contributed by atoms with Crippen molar-refractivity contribution in [3.05, 3.63) is 63.6 Å². The summed E-state index contributed by atoms with van der Waals surface area (Å²) >= 11 is 12.2. The van der Waals surface area contributed by atoms with Crippen LogP contribution in [0.3, 0.4) is 0 Å². The van der Waals surface area contributed by atoms with Crippen LogP contribution in [0.4, 0.5) is 18.9 Å². The highest BCUT2D eigenvalue weighted by molar-refractivity contribution is 7.92. The van der Waals surface area contributed by atoms with Crippen molar-refractivity contribution in [2.75, 3.05) is 17.1 Å². The molecular weight excluding hydrogens is 614 g/mol. The number of hydrogen-bond donors (Lipinski definition) is 1. The van der Waals surface area contributed by atoms with Crippen LogP contribution in [-0.2, 0) is 32.3 Å². The number of rotatable bonds is 12. The van der Waals surface area contributed by atoms with Gasteiger partial charge < -0.3 is 10.2 Å². The van der Waals surface area contributed by atoms with Gasteiger partial charge in [-0.1, -0.05) is 61.5 Å². The van der Waals surface area contributed by atoms with Crippen molar-refractivity contribution < 1.29 is 31.2 Å². The van der Waals surface area contributed by atoms with Gasteiger partial charge in [-0.05, 0) is 61.6 Å². The van der Waals surface area contributed by atoms with E-state index in [2.05, 4.69) is 5.32 Å². The summed E-state index contributed by atoms with van der Waals surface area (Å²) < 4.78 is 65.6. The lowest BCUT2D eigenvalue weighted by atomic mass is 9.95. The molecule has 0 saturated heterocycles. The molecule has 1 unspecified atom stereocenters. The average Bonchev–Trinajstić information content (AvgIpc) is 2.92. The van der Waals surface area contributed by atoms with Gasteiger partial charge in [0.15, 0.2) is 0 Å². The summed E-state index contributed by atoms with van der Waals surface area (Å²) in [7, 11) is -3.96. The van der Waals surface area contributed by atoms with Gasteiger partial charge in [-0.3, -0.25) is 13.9 Å². The first-order valence-electron chi connectivity index (χ1n) is 13.9. The predicted molar refractivity (Wildman–Crippen MR) is 159 cm³/mol. The van der Waals surface area contributed by atoms with E-state index in [0.29, 0.717) is 22.0 Å². The van der Waals surface area contributed by atoms with Crippen molar-refractivity contribution in [2.24, 2.45) is 0 Å². The molecule has 0 radical (unpaired) electrons. The average molecular weight is 651 g/mol. The van der Waals surface area contributed by atoms with Gasteiger partial charge in [0, 0.05) is 25.6 Å². The fraction of sp³-hybridized carbons (Fsp3) is 0.517. The van der Waals surface area contributed by atoms with Crippen molar-refractivity contribution in [1.29, 1.82) is 0 Å². The van der Waals surface area contributed by atoms with Crippen LogP contribution in [0.25, 0.3) is 0 Å². The number of amides is 2. The maximum absolute atomic E-state index is 13.6. The molecule has 0 aromatic heterocycles. The first-order chi connectivity index (χ1) is 19.7. The first-order valence-corrected chi connectivity index (χ1v) is 16.5. The molecule has 1 atom stereocenters. The van der Waals surface area contributed by atoms with Crippen LogP contribution in [0.2, 0.25) is 10.0 Å². The van der Waals surface area contributed by atoms with Crippen LogP contribution in [0.1, 0.15) is 69.4 Å². The van der Waals surface area contributed by atoms with E-state index in [4.69, 9.17) is 23.2 Å². The number of halogens is 5. The molecule has 1 fully saturated rings. The molecule has 7 nitrogen and oxygen atoms in total. The highest BCUT2D eigenvalue weighted by Crippen LogP contribution is 2.32. The fourth-order valence-electron chi connectivity index (χ4n) is 5.14. The quantitative estimate of drug-likeness (QED) is 0.274. The minimum absolute atomic E-state index is 0.0146. The monoisotopic (exact) mass is 649 g/mol. The van der Waals surface area contributed by atoms with E-state index in [0.717, 1.165) is 60.9 Å². The molecule has 42 heavy (non-hydrogen) atoms. The lowest BCUT2D eigenvalue weighted by Crippen LogP contribution is -2.51. The third-order valence-corrected chi connectivity index (χ3v) is 9.22. The normalized spacial score (nSPS) is 15.2. The minimum atomic E-state index is -4.65. The molecule has 1 N–H and O–H groups in total. The number of carbonyl (C=O) groups excluding carboxylic acids is 2. The molecule has 0 aliphatic heterocycles. The Bertz CT molecular complexity index is 1350. The second-order valence-corrected chi connectivity index (χ2v) is 13.2. The number of benzene rings is 2. The zero-order valence-corrected chi connectivity index (χ0v) is 25.9. The number of nitrogens with zero attached hydrogens (tertiary/aromatic N) is 2. The van der Waals surface area contributed by atoms with E-state index in [9.17, 15) is 31.2 Å². The molecular formula is C29H36Cl2F3N3O4S. The summed E-state index contributed by atoms with van der Waals surface area (Å²) in [6, 6.07) is 8.22. The third-order valence-electron chi connectivity index (χ3n) is 7.29. The van der Waals surface area contributed by atoms with Gasteiger partial charge in [0.05, 0.1) is 27.6 Å². The number of anilines is 1. The number of sulfonamides is 1. The molecule has 2 aromatic rings. The Morgan fingerprint density at radius 3 is 2.33 bits per heavy atom. The summed E-state index contributed by atoms with van der Waals surface area (Å²) in [5.41, 5.74) is -0.471. The predicted octanol–water partition coefficient (Wildman–Crippen LogP) is 6.81. The minimum Gasteiger partial charge on any atom is -0.352 e. The third kappa shape index (κ3) is 9.50. The Kier molecular flexibility index (Phi) is 12.0. The number of alkyl halides is 3. The van der Waals surface area contributed by atoms with Gasteiger partial charge in [0.2, 0.25) is 21.8 Å². The Morgan fingerprint density at radius 2 is 1.74 bits per heavy atom. The van der Waals surface area contributed by atoms with Crippen molar-refractivity contribution in [3.63, 3.8) is 0 Å². The van der Waals surface area contributed by atoms with Crippen molar-refractivity contribution in [3.8, 4) is 0 Å². The van der Waals surface area contributed by atoms with Crippen LogP contribution in [0, 0.1) is 0 Å². The molecule has 232 valence electrons. The van der Waals surface area contributed by atoms with Gasteiger partial charge >= 0.3 is 6.18 Å². The molecule has 2 amide bonds. The van der Waals surface area contributed by atoms with Crippen LogP contribution >= 0.6 is 23.2 Å². The summed E-state index contributed by atoms with van der Waals surface area (Å²) in [5, 5.41) is 3.73. The lowest BCUT2D eigenvalue weighted by Gasteiger charge is -2.33. The molecule has 1 aliphatic carbocycles. The SMILES string of the molecule is CCC(C(=O)NC1CCCCC1)N(Cc1ccc(Cl)c(Cl)c1)C(=O)CCCN(c1cccc(C(F)(F)F)c1)S(C)(=O)=O. The van der Waals surface area contributed by atoms with E-state index in [1.807, 2.05) is 0 Å². The van der Waals surface area contributed by atoms with Crippen LogP contribution in [-0.4, -0.2) is 50.0 Å². The van der Waals surface area contributed by atoms with Crippen LogP contribution in [0.5, 0.6) is 0 Å². The zero-order valence-electron chi connectivity index (χ0n) is 23.6. The van der Waals surface area contributed by atoms with Crippen molar-refractivity contribution in [2.45, 2.75) is 83.1 Å².